The molecule has 1 saturated heterocycles. The van der Waals surface area contributed by atoms with E-state index in [1.165, 1.54) is 24.0 Å². The van der Waals surface area contributed by atoms with Gasteiger partial charge in [0, 0.05) is 12.5 Å². The van der Waals surface area contributed by atoms with Crippen molar-refractivity contribution in [1.29, 1.82) is 0 Å². The first-order valence-electron chi connectivity index (χ1n) is 7.25. The molecule has 1 aliphatic heterocycles. The number of aliphatic carboxylic acids is 1. The van der Waals surface area contributed by atoms with E-state index in [0.29, 0.717) is 18.4 Å². The van der Waals surface area contributed by atoms with Crippen LogP contribution in [0, 0.1) is 5.92 Å². The van der Waals surface area contributed by atoms with Crippen molar-refractivity contribution in [3.05, 3.63) is 35.4 Å². The number of rotatable bonds is 3. The van der Waals surface area contributed by atoms with E-state index < -0.39 is 5.97 Å². The number of hydrogen-bond donors (Lipinski definition) is 1. The fraction of sp³-hybridized carbons (Fsp3) is 0.562. The van der Waals surface area contributed by atoms with E-state index in [1.54, 1.807) is 0 Å². The number of likely N-dealkylation sites (tertiary alicyclic amines) is 1. The zero-order valence-electron chi connectivity index (χ0n) is 11.2. The van der Waals surface area contributed by atoms with Gasteiger partial charge in [0.25, 0.3) is 0 Å². The van der Waals surface area contributed by atoms with Crippen LogP contribution in [0.2, 0.25) is 0 Å². The summed E-state index contributed by atoms with van der Waals surface area (Å²) in [6.07, 6.45) is 4.76. The molecule has 1 aliphatic carbocycles. The van der Waals surface area contributed by atoms with Crippen molar-refractivity contribution in [2.24, 2.45) is 5.92 Å². The number of piperidine rings is 1. The molecule has 0 bridgehead atoms. The highest BCUT2D eigenvalue weighted by atomic mass is 16.4. The van der Waals surface area contributed by atoms with E-state index in [0.717, 1.165) is 25.9 Å². The van der Waals surface area contributed by atoms with Crippen molar-refractivity contribution in [3.63, 3.8) is 0 Å². The predicted octanol–water partition coefficient (Wildman–Crippen LogP) is 2.34. The zero-order chi connectivity index (χ0) is 13.2. The maximum Gasteiger partial charge on any atom is 0.303 e. The van der Waals surface area contributed by atoms with Gasteiger partial charge in [0.15, 0.2) is 0 Å². The van der Waals surface area contributed by atoms with Crippen LogP contribution in [0.4, 0.5) is 0 Å². The first-order chi connectivity index (χ1) is 9.22. The summed E-state index contributed by atoms with van der Waals surface area (Å²) in [5, 5.41) is 8.85. The molecule has 3 heteroatoms. The highest BCUT2D eigenvalue weighted by Gasteiger charge is 2.30. The summed E-state index contributed by atoms with van der Waals surface area (Å²) in [5.41, 5.74) is 3.00. The van der Waals surface area contributed by atoms with E-state index in [1.807, 2.05) is 0 Å². The summed E-state index contributed by atoms with van der Waals surface area (Å²) in [7, 11) is 0. The minimum absolute atomic E-state index is 0.346. The molecule has 0 saturated carbocycles. The van der Waals surface area contributed by atoms with Crippen molar-refractivity contribution in [1.82, 2.24) is 4.90 Å². The smallest absolute Gasteiger partial charge is 0.303 e. The number of benzene rings is 1. The van der Waals surface area contributed by atoms with E-state index >= 15 is 0 Å². The second-order valence-electron chi connectivity index (χ2n) is 5.91. The van der Waals surface area contributed by atoms with Gasteiger partial charge in [-0.15, -0.1) is 0 Å². The summed E-state index contributed by atoms with van der Waals surface area (Å²) in [6.45, 7) is 2.13. The molecule has 102 valence electrons. The summed E-state index contributed by atoms with van der Waals surface area (Å²) in [6, 6.07) is 9.38. The Hall–Kier alpha value is -1.35. The van der Waals surface area contributed by atoms with Crippen LogP contribution in [0.15, 0.2) is 24.3 Å². The van der Waals surface area contributed by atoms with Crippen LogP contribution < -0.4 is 0 Å². The number of fused-ring (bicyclic) bond motifs is 1. The minimum atomic E-state index is -0.647. The number of carboxylic acids is 1. The van der Waals surface area contributed by atoms with Gasteiger partial charge in [-0.1, -0.05) is 24.3 Å². The van der Waals surface area contributed by atoms with Gasteiger partial charge in [0.1, 0.15) is 0 Å². The summed E-state index contributed by atoms with van der Waals surface area (Å²) >= 11 is 0. The first-order valence-corrected chi connectivity index (χ1v) is 7.25. The molecule has 1 aromatic carbocycles. The third kappa shape index (κ3) is 2.81. The normalized spacial score (nSPS) is 21.5. The molecule has 0 amide bonds. The SMILES string of the molecule is O=C(O)CC1CCN(C2Cc3ccccc3C2)CC1. The Morgan fingerprint density at radius 1 is 1.16 bits per heavy atom. The molecule has 1 fully saturated rings. The third-order valence-electron chi connectivity index (χ3n) is 4.66. The van der Waals surface area contributed by atoms with Crippen molar-refractivity contribution in [3.8, 4) is 0 Å². The second kappa shape index (κ2) is 5.33. The van der Waals surface area contributed by atoms with Crippen molar-refractivity contribution < 1.29 is 9.90 Å². The lowest BCUT2D eigenvalue weighted by Gasteiger charge is -2.35. The Labute approximate surface area is 114 Å². The molecule has 19 heavy (non-hydrogen) atoms. The standard InChI is InChI=1S/C16H21NO2/c18-16(19)9-12-5-7-17(8-6-12)15-10-13-3-1-2-4-14(13)11-15/h1-4,12,15H,5-11H2,(H,18,19). The average molecular weight is 259 g/mol. The number of nitrogens with zero attached hydrogens (tertiary/aromatic N) is 1. The number of carboxylic acid groups (broad SMARTS) is 1. The lowest BCUT2D eigenvalue weighted by atomic mass is 9.92. The van der Waals surface area contributed by atoms with Crippen LogP contribution in [0.5, 0.6) is 0 Å². The second-order valence-corrected chi connectivity index (χ2v) is 5.91. The van der Waals surface area contributed by atoms with Crippen LogP contribution in [0.3, 0.4) is 0 Å². The van der Waals surface area contributed by atoms with E-state index in [4.69, 9.17) is 5.11 Å². The first kappa shape index (κ1) is 12.7. The van der Waals surface area contributed by atoms with Crippen LogP contribution in [0.25, 0.3) is 0 Å². The Bertz CT molecular complexity index is 439. The maximum absolute atomic E-state index is 10.7. The van der Waals surface area contributed by atoms with Gasteiger partial charge in [-0.2, -0.15) is 0 Å². The van der Waals surface area contributed by atoms with Crippen molar-refractivity contribution in [2.45, 2.75) is 38.1 Å². The average Bonchev–Trinajstić information content (AvgIpc) is 2.82. The fourth-order valence-corrected chi connectivity index (χ4v) is 3.56. The Morgan fingerprint density at radius 2 is 1.74 bits per heavy atom. The van der Waals surface area contributed by atoms with Gasteiger partial charge in [0.05, 0.1) is 0 Å². The third-order valence-corrected chi connectivity index (χ3v) is 4.66. The monoisotopic (exact) mass is 259 g/mol. The molecule has 0 radical (unpaired) electrons. The summed E-state index contributed by atoms with van der Waals surface area (Å²) in [4.78, 5) is 13.3. The molecular weight excluding hydrogens is 238 g/mol. The molecule has 1 heterocycles. The molecule has 1 N–H and O–H groups in total. The summed E-state index contributed by atoms with van der Waals surface area (Å²) < 4.78 is 0. The van der Waals surface area contributed by atoms with Gasteiger partial charge in [0.2, 0.25) is 0 Å². The van der Waals surface area contributed by atoms with Gasteiger partial charge in [-0.3, -0.25) is 9.69 Å². The molecule has 0 unspecified atom stereocenters. The molecule has 3 nitrogen and oxygen atoms in total. The van der Waals surface area contributed by atoms with Crippen LogP contribution in [-0.4, -0.2) is 35.1 Å². The molecule has 0 atom stereocenters. The van der Waals surface area contributed by atoms with Crippen molar-refractivity contribution in [2.75, 3.05) is 13.1 Å². The van der Waals surface area contributed by atoms with E-state index in [9.17, 15) is 4.79 Å². The Morgan fingerprint density at radius 3 is 2.26 bits per heavy atom. The fourth-order valence-electron chi connectivity index (χ4n) is 3.56. The van der Waals surface area contributed by atoms with Crippen LogP contribution in [-0.2, 0) is 17.6 Å². The lowest BCUT2D eigenvalue weighted by Crippen LogP contribution is -2.42. The largest absolute Gasteiger partial charge is 0.481 e. The highest BCUT2D eigenvalue weighted by Crippen LogP contribution is 2.29. The predicted molar refractivity (Wildman–Crippen MR) is 74.2 cm³/mol. The maximum atomic E-state index is 10.7. The minimum Gasteiger partial charge on any atom is -0.481 e. The van der Waals surface area contributed by atoms with Gasteiger partial charge >= 0.3 is 5.97 Å². The highest BCUT2D eigenvalue weighted by molar-refractivity contribution is 5.67. The molecule has 0 aromatic heterocycles. The van der Waals surface area contributed by atoms with Crippen LogP contribution >= 0.6 is 0 Å². The van der Waals surface area contributed by atoms with E-state index in [-0.39, 0.29) is 0 Å². The molecule has 1 aromatic rings. The molecule has 2 aliphatic rings. The Balaban J connectivity index is 1.55. The number of hydrogen-bond acceptors (Lipinski definition) is 2. The molecule has 3 rings (SSSR count). The Kier molecular flexibility index (Phi) is 3.56. The topological polar surface area (TPSA) is 40.5 Å². The molecular formula is C16H21NO2. The number of carbonyl (C=O) groups is 1. The van der Waals surface area contributed by atoms with Gasteiger partial charge in [-0.25, -0.2) is 0 Å². The molecule has 0 spiro atoms. The van der Waals surface area contributed by atoms with Crippen molar-refractivity contribution >= 4 is 5.97 Å². The van der Waals surface area contributed by atoms with E-state index in [2.05, 4.69) is 29.2 Å². The summed E-state index contributed by atoms with van der Waals surface area (Å²) in [5.74, 6) is -0.260. The van der Waals surface area contributed by atoms with Gasteiger partial charge in [-0.05, 0) is 55.8 Å². The zero-order valence-corrected chi connectivity index (χ0v) is 11.2. The van der Waals surface area contributed by atoms with Gasteiger partial charge < -0.3 is 5.11 Å². The van der Waals surface area contributed by atoms with Crippen LogP contribution in [0.1, 0.15) is 30.4 Å². The quantitative estimate of drug-likeness (QED) is 0.905. The lowest BCUT2D eigenvalue weighted by molar-refractivity contribution is -0.138.